The lowest BCUT2D eigenvalue weighted by Crippen LogP contribution is -2.29. The summed E-state index contributed by atoms with van der Waals surface area (Å²) in [6.07, 6.45) is 8.66. The van der Waals surface area contributed by atoms with Crippen LogP contribution in [0.15, 0.2) is 15.9 Å². The smallest absolute Gasteiger partial charge is 0.325 e. The van der Waals surface area contributed by atoms with Gasteiger partial charge in [-0.3, -0.25) is 14.3 Å². The molecule has 0 atom stereocenters. The fourth-order valence-corrected chi connectivity index (χ4v) is 2.72. The average Bonchev–Trinajstić information content (AvgIpc) is 2.92. The number of hydrogen-bond donors (Lipinski definition) is 1. The van der Waals surface area contributed by atoms with Crippen LogP contribution in [0.5, 0.6) is 0 Å². The van der Waals surface area contributed by atoms with Crippen molar-refractivity contribution in [1.29, 1.82) is 0 Å². The van der Waals surface area contributed by atoms with E-state index >= 15 is 0 Å². The van der Waals surface area contributed by atoms with Crippen LogP contribution in [0.1, 0.15) is 51.9 Å². The van der Waals surface area contributed by atoms with E-state index in [4.69, 9.17) is 0 Å². The van der Waals surface area contributed by atoms with Gasteiger partial charge in [-0.1, -0.05) is 25.7 Å². The van der Waals surface area contributed by atoms with Crippen molar-refractivity contribution in [2.75, 3.05) is 0 Å². The number of ketones is 1. The third kappa shape index (κ3) is 4.40. The van der Waals surface area contributed by atoms with E-state index in [-0.39, 0.29) is 11.3 Å². The van der Waals surface area contributed by atoms with Crippen LogP contribution in [0, 0.1) is 0 Å². The fraction of sp³-hybridized carbons (Fsp3) is 0.625. The zero-order valence-corrected chi connectivity index (χ0v) is 13.8. The van der Waals surface area contributed by atoms with Crippen LogP contribution in [-0.4, -0.2) is 24.9 Å². The lowest BCUT2D eigenvalue weighted by Gasteiger charge is -2.04. The van der Waals surface area contributed by atoms with Crippen LogP contribution in [-0.2, 0) is 18.4 Å². The van der Waals surface area contributed by atoms with E-state index in [1.807, 2.05) is 4.57 Å². The Bertz CT molecular complexity index is 785. The zero-order valence-electron chi connectivity index (χ0n) is 13.8. The van der Waals surface area contributed by atoms with Crippen molar-refractivity contribution in [2.24, 2.45) is 7.05 Å². The largest absolute Gasteiger partial charge is 0.329 e. The van der Waals surface area contributed by atoms with E-state index in [0.717, 1.165) is 38.5 Å². The molecular weight excluding hydrogens is 296 g/mol. The molecule has 0 saturated carbocycles. The number of carbonyl (C=O) groups excluding carboxylic acids is 1. The lowest BCUT2D eigenvalue weighted by atomic mass is 10.1. The van der Waals surface area contributed by atoms with Gasteiger partial charge in [0.05, 0.1) is 6.33 Å². The molecule has 0 unspecified atom stereocenters. The average molecular weight is 320 g/mol. The molecule has 23 heavy (non-hydrogen) atoms. The summed E-state index contributed by atoms with van der Waals surface area (Å²) in [5, 5.41) is 0. The van der Waals surface area contributed by atoms with Gasteiger partial charge in [-0.25, -0.2) is 9.78 Å². The minimum atomic E-state index is -0.446. The van der Waals surface area contributed by atoms with Crippen LogP contribution >= 0.6 is 0 Å². The minimum absolute atomic E-state index is 0.261. The standard InChI is InChI=1S/C16H24N4O3/c1-12(21)9-7-5-3-4-6-8-10-20-11-17-14-13(20)15(22)18-16(23)19(14)2/h11H,3-10H2,1-2H3,(H,18,22,23). The molecule has 0 aliphatic rings. The summed E-state index contributed by atoms with van der Waals surface area (Å²) in [5.74, 6) is 0.261. The Morgan fingerprint density at radius 2 is 1.78 bits per heavy atom. The summed E-state index contributed by atoms with van der Waals surface area (Å²) in [6.45, 7) is 2.35. The van der Waals surface area contributed by atoms with Crippen molar-refractivity contribution in [3.63, 3.8) is 0 Å². The molecule has 0 aliphatic carbocycles. The monoisotopic (exact) mass is 320 g/mol. The number of imidazole rings is 1. The fourth-order valence-electron chi connectivity index (χ4n) is 2.72. The molecule has 2 aromatic rings. The first-order valence-electron chi connectivity index (χ1n) is 8.14. The van der Waals surface area contributed by atoms with Crippen molar-refractivity contribution < 1.29 is 4.79 Å². The molecule has 0 radical (unpaired) electrons. The molecule has 0 fully saturated rings. The van der Waals surface area contributed by atoms with Crippen LogP contribution in [0.25, 0.3) is 11.2 Å². The molecule has 0 amide bonds. The summed E-state index contributed by atoms with van der Waals surface area (Å²) >= 11 is 0. The number of aryl methyl sites for hydroxylation is 2. The maximum Gasteiger partial charge on any atom is 0.329 e. The number of carbonyl (C=O) groups is 1. The predicted molar refractivity (Wildman–Crippen MR) is 88.6 cm³/mol. The van der Waals surface area contributed by atoms with E-state index in [9.17, 15) is 14.4 Å². The Balaban J connectivity index is 1.82. The van der Waals surface area contributed by atoms with Crippen molar-refractivity contribution in [2.45, 2.75) is 58.4 Å². The van der Waals surface area contributed by atoms with E-state index in [1.54, 1.807) is 20.3 Å². The number of aromatic nitrogens is 4. The van der Waals surface area contributed by atoms with E-state index in [0.29, 0.717) is 24.1 Å². The summed E-state index contributed by atoms with van der Waals surface area (Å²) < 4.78 is 3.16. The molecule has 2 aromatic heterocycles. The molecule has 126 valence electrons. The second-order valence-corrected chi connectivity index (χ2v) is 6.00. The van der Waals surface area contributed by atoms with E-state index in [1.165, 1.54) is 4.57 Å². The summed E-state index contributed by atoms with van der Waals surface area (Å²) in [4.78, 5) is 40.8. The zero-order chi connectivity index (χ0) is 16.8. The maximum atomic E-state index is 11.9. The highest BCUT2D eigenvalue weighted by molar-refractivity contribution is 5.75. The highest BCUT2D eigenvalue weighted by Crippen LogP contribution is 2.10. The molecule has 2 heterocycles. The van der Waals surface area contributed by atoms with Gasteiger partial charge < -0.3 is 9.36 Å². The van der Waals surface area contributed by atoms with Crippen LogP contribution < -0.4 is 11.2 Å². The second kappa shape index (κ2) is 7.89. The van der Waals surface area contributed by atoms with Crippen LogP contribution in [0.3, 0.4) is 0 Å². The summed E-state index contributed by atoms with van der Waals surface area (Å²) in [5.41, 5.74) is 0.0414. The number of nitrogens with one attached hydrogen (secondary N) is 1. The molecule has 0 aliphatic heterocycles. The number of fused-ring (bicyclic) bond motifs is 1. The van der Waals surface area contributed by atoms with Gasteiger partial charge in [0.15, 0.2) is 11.2 Å². The number of unbranched alkanes of at least 4 members (excludes halogenated alkanes) is 5. The Morgan fingerprint density at radius 3 is 2.48 bits per heavy atom. The first-order valence-corrected chi connectivity index (χ1v) is 8.14. The van der Waals surface area contributed by atoms with Crippen molar-refractivity contribution in [3.8, 4) is 0 Å². The quantitative estimate of drug-likeness (QED) is 0.713. The van der Waals surface area contributed by atoms with Crippen molar-refractivity contribution in [3.05, 3.63) is 27.2 Å². The second-order valence-electron chi connectivity index (χ2n) is 6.00. The number of Topliss-reactive ketones (excluding diaryl/α,β-unsaturated/α-hetero) is 1. The van der Waals surface area contributed by atoms with Gasteiger partial charge in [-0.05, 0) is 19.8 Å². The summed E-state index contributed by atoms with van der Waals surface area (Å²) in [6, 6.07) is 0. The van der Waals surface area contributed by atoms with Crippen molar-refractivity contribution >= 4 is 16.9 Å². The summed E-state index contributed by atoms with van der Waals surface area (Å²) in [7, 11) is 1.60. The van der Waals surface area contributed by atoms with E-state index < -0.39 is 5.69 Å². The minimum Gasteiger partial charge on any atom is -0.325 e. The third-order valence-electron chi connectivity index (χ3n) is 4.05. The number of nitrogens with zero attached hydrogens (tertiary/aromatic N) is 3. The number of aromatic amines is 1. The van der Waals surface area contributed by atoms with E-state index in [2.05, 4.69) is 9.97 Å². The van der Waals surface area contributed by atoms with Crippen LogP contribution in [0.2, 0.25) is 0 Å². The van der Waals surface area contributed by atoms with Gasteiger partial charge >= 0.3 is 5.69 Å². The Hall–Kier alpha value is -2.18. The Kier molecular flexibility index (Phi) is 5.90. The molecule has 7 nitrogen and oxygen atoms in total. The highest BCUT2D eigenvalue weighted by Gasteiger charge is 2.10. The highest BCUT2D eigenvalue weighted by atomic mass is 16.2. The van der Waals surface area contributed by atoms with Gasteiger partial charge in [-0.15, -0.1) is 0 Å². The topological polar surface area (TPSA) is 89.8 Å². The first kappa shape index (κ1) is 17.2. The number of H-pyrrole nitrogens is 1. The van der Waals surface area contributed by atoms with Gasteiger partial charge in [0.2, 0.25) is 0 Å². The molecule has 2 rings (SSSR count). The predicted octanol–water partition coefficient (Wildman–Crippen LogP) is 1.74. The Morgan fingerprint density at radius 1 is 1.13 bits per heavy atom. The van der Waals surface area contributed by atoms with Gasteiger partial charge in [-0.2, -0.15) is 0 Å². The van der Waals surface area contributed by atoms with Gasteiger partial charge in [0.1, 0.15) is 5.78 Å². The molecule has 7 heteroatoms. The molecule has 0 bridgehead atoms. The van der Waals surface area contributed by atoms with Gasteiger partial charge in [0.25, 0.3) is 5.56 Å². The van der Waals surface area contributed by atoms with Gasteiger partial charge in [0, 0.05) is 20.0 Å². The molecule has 0 aromatic carbocycles. The third-order valence-corrected chi connectivity index (χ3v) is 4.05. The van der Waals surface area contributed by atoms with Crippen LogP contribution in [0.4, 0.5) is 0 Å². The normalized spacial score (nSPS) is 11.2. The SMILES string of the molecule is CC(=O)CCCCCCCCn1cnc2c1c(=O)[nH]c(=O)n2C. The number of rotatable bonds is 9. The molecule has 0 spiro atoms. The number of hydrogen-bond acceptors (Lipinski definition) is 4. The molecule has 1 N–H and O–H groups in total. The Labute approximate surface area is 134 Å². The molecule has 0 saturated heterocycles. The first-order chi connectivity index (χ1) is 11.0. The lowest BCUT2D eigenvalue weighted by molar-refractivity contribution is -0.117. The molecular formula is C16H24N4O3. The maximum absolute atomic E-state index is 11.9. The van der Waals surface area contributed by atoms with Crippen molar-refractivity contribution in [1.82, 2.24) is 19.1 Å².